The van der Waals surface area contributed by atoms with E-state index < -0.39 is 0 Å². The molecule has 2 amide bonds. The molecule has 4 rings (SSSR count). The van der Waals surface area contributed by atoms with Crippen molar-refractivity contribution in [3.8, 4) is 5.75 Å². The monoisotopic (exact) mass is 377 g/mol. The number of likely N-dealkylation sites (tertiary alicyclic amines) is 1. The molecular weight excluding hydrogens is 354 g/mol. The maximum atomic E-state index is 12.9. The summed E-state index contributed by atoms with van der Waals surface area (Å²) in [5.41, 5.74) is 2.31. The lowest BCUT2D eigenvalue weighted by molar-refractivity contribution is 0.0725. The number of benzene rings is 2. The average Bonchev–Trinajstić information content (AvgIpc) is 3.17. The van der Waals surface area contributed by atoms with Gasteiger partial charge in [0.25, 0.3) is 11.8 Å². The summed E-state index contributed by atoms with van der Waals surface area (Å²) in [5, 5.41) is 3.81. The first-order valence-corrected chi connectivity index (χ1v) is 9.52. The Morgan fingerprint density at radius 3 is 2.61 bits per heavy atom. The number of rotatable bonds is 4. The van der Waals surface area contributed by atoms with Gasteiger partial charge in [-0.3, -0.25) is 9.59 Å². The molecule has 6 heteroatoms. The van der Waals surface area contributed by atoms with E-state index in [1.54, 1.807) is 25.3 Å². The minimum atomic E-state index is -0.283. The molecule has 1 aromatic heterocycles. The molecule has 6 nitrogen and oxygen atoms in total. The smallest absolute Gasteiger partial charge is 0.272 e. The number of para-hydroxylation sites is 1. The summed E-state index contributed by atoms with van der Waals surface area (Å²) in [6, 6.07) is 14.6. The van der Waals surface area contributed by atoms with Crippen molar-refractivity contribution >= 4 is 28.4 Å². The zero-order valence-electron chi connectivity index (χ0n) is 15.8. The number of H-pyrrole nitrogens is 1. The minimum Gasteiger partial charge on any atom is -0.497 e. The molecule has 0 unspecified atom stereocenters. The normalized spacial score (nSPS) is 14.1. The fourth-order valence-corrected chi connectivity index (χ4v) is 3.59. The summed E-state index contributed by atoms with van der Waals surface area (Å²) in [5.74, 6) is 0.407. The minimum absolute atomic E-state index is 0.0306. The molecule has 2 N–H and O–H groups in total. The predicted octanol–water partition coefficient (Wildman–Crippen LogP) is 4.05. The molecule has 0 bridgehead atoms. The molecule has 2 heterocycles. The van der Waals surface area contributed by atoms with E-state index in [0.717, 1.165) is 49.0 Å². The van der Waals surface area contributed by atoms with Crippen LogP contribution in [0.15, 0.2) is 48.5 Å². The van der Waals surface area contributed by atoms with Gasteiger partial charge in [0.2, 0.25) is 0 Å². The fourth-order valence-electron chi connectivity index (χ4n) is 3.59. The Kier molecular flexibility index (Phi) is 5.02. The number of hydrogen-bond acceptors (Lipinski definition) is 3. The number of piperidine rings is 1. The Balaban J connectivity index is 1.57. The van der Waals surface area contributed by atoms with Gasteiger partial charge in [-0.25, -0.2) is 0 Å². The zero-order chi connectivity index (χ0) is 19.5. The number of aromatic nitrogens is 1. The first-order valence-electron chi connectivity index (χ1n) is 9.52. The Bertz CT molecular complexity index is 1020. The summed E-state index contributed by atoms with van der Waals surface area (Å²) >= 11 is 0. The number of methoxy groups -OCH3 is 1. The number of anilines is 1. The maximum absolute atomic E-state index is 12.9. The lowest BCUT2D eigenvalue weighted by Crippen LogP contribution is -2.36. The number of fused-ring (bicyclic) bond motifs is 1. The largest absolute Gasteiger partial charge is 0.497 e. The highest BCUT2D eigenvalue weighted by molar-refractivity contribution is 6.09. The van der Waals surface area contributed by atoms with Crippen molar-refractivity contribution in [1.29, 1.82) is 0 Å². The summed E-state index contributed by atoms with van der Waals surface area (Å²) in [7, 11) is 1.61. The maximum Gasteiger partial charge on any atom is 0.272 e. The Morgan fingerprint density at radius 2 is 1.82 bits per heavy atom. The van der Waals surface area contributed by atoms with Crippen LogP contribution in [0, 0.1) is 0 Å². The SMILES string of the molecule is COc1ccc2cc(C(=O)Nc3ccccc3C(=O)N3CCCCC3)[nH]c2c1. The molecule has 1 saturated heterocycles. The highest BCUT2D eigenvalue weighted by atomic mass is 16.5. The quantitative estimate of drug-likeness (QED) is 0.720. The molecule has 3 aromatic rings. The molecule has 0 atom stereocenters. The van der Waals surface area contributed by atoms with Gasteiger partial charge in [-0.15, -0.1) is 0 Å². The van der Waals surface area contributed by atoms with E-state index in [9.17, 15) is 9.59 Å². The molecule has 2 aromatic carbocycles. The van der Waals surface area contributed by atoms with Crippen molar-refractivity contribution in [3.05, 3.63) is 59.8 Å². The van der Waals surface area contributed by atoms with Crippen molar-refractivity contribution < 1.29 is 14.3 Å². The third kappa shape index (κ3) is 3.58. The third-order valence-corrected chi connectivity index (χ3v) is 5.12. The Hall–Kier alpha value is -3.28. The van der Waals surface area contributed by atoms with Gasteiger partial charge in [-0.1, -0.05) is 12.1 Å². The average molecular weight is 377 g/mol. The van der Waals surface area contributed by atoms with Crippen LogP contribution in [-0.4, -0.2) is 41.9 Å². The van der Waals surface area contributed by atoms with E-state index in [2.05, 4.69) is 10.3 Å². The van der Waals surface area contributed by atoms with Gasteiger partial charge in [-0.05, 0) is 49.6 Å². The van der Waals surface area contributed by atoms with Crippen molar-refractivity contribution in [2.75, 3.05) is 25.5 Å². The third-order valence-electron chi connectivity index (χ3n) is 5.12. The zero-order valence-corrected chi connectivity index (χ0v) is 15.8. The van der Waals surface area contributed by atoms with E-state index in [1.165, 1.54) is 0 Å². The van der Waals surface area contributed by atoms with E-state index in [4.69, 9.17) is 4.74 Å². The number of amides is 2. The van der Waals surface area contributed by atoms with Gasteiger partial charge in [0, 0.05) is 30.1 Å². The molecule has 0 saturated carbocycles. The van der Waals surface area contributed by atoms with Gasteiger partial charge < -0.3 is 19.9 Å². The van der Waals surface area contributed by atoms with Gasteiger partial charge in [0.1, 0.15) is 11.4 Å². The summed E-state index contributed by atoms with van der Waals surface area (Å²) in [6.45, 7) is 1.54. The molecule has 1 aliphatic heterocycles. The molecular formula is C22H23N3O3. The number of ether oxygens (including phenoxy) is 1. The van der Waals surface area contributed by atoms with E-state index in [1.807, 2.05) is 35.2 Å². The van der Waals surface area contributed by atoms with Gasteiger partial charge in [0.15, 0.2) is 0 Å². The molecule has 28 heavy (non-hydrogen) atoms. The number of aromatic amines is 1. The topological polar surface area (TPSA) is 74.4 Å². The first kappa shape index (κ1) is 18.1. The highest BCUT2D eigenvalue weighted by Crippen LogP contribution is 2.23. The van der Waals surface area contributed by atoms with Gasteiger partial charge in [-0.2, -0.15) is 0 Å². The predicted molar refractivity (Wildman–Crippen MR) is 109 cm³/mol. The molecule has 0 spiro atoms. The lowest BCUT2D eigenvalue weighted by atomic mass is 10.1. The molecule has 1 fully saturated rings. The van der Waals surface area contributed by atoms with E-state index >= 15 is 0 Å². The molecule has 1 aliphatic rings. The number of carbonyl (C=O) groups is 2. The fraction of sp³-hybridized carbons (Fsp3) is 0.273. The first-order chi connectivity index (χ1) is 13.7. The molecule has 0 radical (unpaired) electrons. The lowest BCUT2D eigenvalue weighted by Gasteiger charge is -2.27. The van der Waals surface area contributed by atoms with Crippen LogP contribution >= 0.6 is 0 Å². The van der Waals surface area contributed by atoms with E-state index in [0.29, 0.717) is 16.9 Å². The van der Waals surface area contributed by atoms with Crippen molar-refractivity contribution in [2.24, 2.45) is 0 Å². The summed E-state index contributed by atoms with van der Waals surface area (Å²) in [6.07, 6.45) is 3.21. The van der Waals surface area contributed by atoms with Crippen molar-refractivity contribution in [1.82, 2.24) is 9.88 Å². The van der Waals surface area contributed by atoms with Crippen LogP contribution in [0.4, 0.5) is 5.69 Å². The second-order valence-electron chi connectivity index (χ2n) is 6.99. The molecule has 144 valence electrons. The highest BCUT2D eigenvalue weighted by Gasteiger charge is 2.21. The van der Waals surface area contributed by atoms with Crippen molar-refractivity contribution in [3.63, 3.8) is 0 Å². The van der Waals surface area contributed by atoms with E-state index in [-0.39, 0.29) is 11.8 Å². The number of nitrogens with one attached hydrogen (secondary N) is 2. The summed E-state index contributed by atoms with van der Waals surface area (Å²) < 4.78 is 5.22. The standard InChI is InChI=1S/C22H23N3O3/c1-28-16-10-9-15-13-20(23-19(15)14-16)21(26)24-18-8-4-3-7-17(18)22(27)25-11-5-2-6-12-25/h3-4,7-10,13-14,23H,2,5-6,11-12H2,1H3,(H,24,26). The van der Waals surface area contributed by atoms with Crippen LogP contribution < -0.4 is 10.1 Å². The Labute approximate surface area is 163 Å². The van der Waals surface area contributed by atoms with Crippen LogP contribution in [0.25, 0.3) is 10.9 Å². The number of hydrogen-bond donors (Lipinski definition) is 2. The molecule has 0 aliphatic carbocycles. The van der Waals surface area contributed by atoms with Crippen LogP contribution in [0.1, 0.15) is 40.1 Å². The van der Waals surface area contributed by atoms with Gasteiger partial charge in [0.05, 0.1) is 18.4 Å². The number of carbonyl (C=O) groups excluding carboxylic acids is 2. The van der Waals surface area contributed by atoms with Crippen LogP contribution in [0.5, 0.6) is 5.75 Å². The second-order valence-corrected chi connectivity index (χ2v) is 6.99. The number of nitrogens with zero attached hydrogens (tertiary/aromatic N) is 1. The van der Waals surface area contributed by atoms with Crippen LogP contribution in [0.2, 0.25) is 0 Å². The Morgan fingerprint density at radius 1 is 1.04 bits per heavy atom. The van der Waals surface area contributed by atoms with Gasteiger partial charge >= 0.3 is 0 Å². The summed E-state index contributed by atoms with van der Waals surface area (Å²) in [4.78, 5) is 30.7. The van der Waals surface area contributed by atoms with Crippen molar-refractivity contribution in [2.45, 2.75) is 19.3 Å². The second kappa shape index (κ2) is 7.76. The van der Waals surface area contributed by atoms with Crippen LogP contribution in [0.3, 0.4) is 0 Å². The van der Waals surface area contributed by atoms with Crippen LogP contribution in [-0.2, 0) is 0 Å².